The lowest BCUT2D eigenvalue weighted by Crippen LogP contribution is -2.33. The largest absolute Gasteiger partial charge is 0.481 e. The average Bonchev–Trinajstić information content (AvgIpc) is 2.45. The number of hydrogen-bond acceptors (Lipinski definition) is 3. The van der Waals surface area contributed by atoms with Crippen LogP contribution in [0.4, 0.5) is 10.1 Å². The maximum Gasteiger partial charge on any atom is 0.276 e. The Labute approximate surface area is 110 Å². The Morgan fingerprint density at radius 2 is 1.74 bits per heavy atom. The molecule has 2 rings (SSSR count). The van der Waals surface area contributed by atoms with Gasteiger partial charge in [-0.05, 0) is 24.3 Å². The maximum absolute atomic E-state index is 13.2. The van der Waals surface area contributed by atoms with Gasteiger partial charge in [-0.2, -0.15) is 0 Å². The first-order chi connectivity index (χ1) is 9.25. The minimum absolute atomic E-state index is 0.0531. The van der Waals surface area contributed by atoms with Crippen LogP contribution in [0.25, 0.3) is 0 Å². The van der Waals surface area contributed by atoms with Gasteiger partial charge >= 0.3 is 0 Å². The van der Waals surface area contributed by atoms with Crippen LogP contribution < -0.4 is 15.6 Å². The van der Waals surface area contributed by atoms with Crippen molar-refractivity contribution >= 4 is 11.6 Å². The summed E-state index contributed by atoms with van der Waals surface area (Å²) in [5.74, 6) is -0.837. The molecule has 0 saturated heterocycles. The predicted molar refractivity (Wildman–Crippen MR) is 70.1 cm³/mol. The van der Waals surface area contributed by atoms with Gasteiger partial charge in [-0.3, -0.25) is 15.6 Å². The second-order valence-corrected chi connectivity index (χ2v) is 3.76. The summed E-state index contributed by atoms with van der Waals surface area (Å²) in [6.07, 6.45) is 0. The molecular weight excluding hydrogens is 247 g/mol. The summed E-state index contributed by atoms with van der Waals surface area (Å²) < 4.78 is 18.3. The average molecular weight is 260 g/mol. The molecule has 2 aromatic rings. The lowest BCUT2D eigenvalue weighted by Gasteiger charge is -2.09. The van der Waals surface area contributed by atoms with E-state index in [1.807, 2.05) is 18.2 Å². The topological polar surface area (TPSA) is 50.4 Å². The first kappa shape index (κ1) is 12.9. The first-order valence-corrected chi connectivity index (χ1v) is 5.73. The number of carbonyl (C=O) groups excluding carboxylic acids is 1. The molecule has 2 N–H and O–H groups in total. The van der Waals surface area contributed by atoms with Crippen molar-refractivity contribution in [3.8, 4) is 5.75 Å². The van der Waals surface area contributed by atoms with E-state index in [4.69, 9.17) is 4.74 Å². The highest BCUT2D eigenvalue weighted by molar-refractivity contribution is 5.78. The van der Waals surface area contributed by atoms with Crippen LogP contribution in [0.5, 0.6) is 5.75 Å². The summed E-state index contributed by atoms with van der Waals surface area (Å²) >= 11 is 0. The molecule has 5 heteroatoms. The van der Waals surface area contributed by atoms with Gasteiger partial charge in [0.1, 0.15) is 0 Å². The number of nitrogens with one attached hydrogen (secondary N) is 2. The Balaban J connectivity index is 1.78. The molecule has 0 aliphatic rings. The van der Waals surface area contributed by atoms with Crippen molar-refractivity contribution in [1.29, 1.82) is 0 Å². The molecule has 1 amide bonds. The lowest BCUT2D eigenvalue weighted by molar-refractivity contribution is -0.122. The molecule has 0 radical (unpaired) electrons. The number of hydrazine groups is 1. The standard InChI is InChI=1S/C14H13FN2O2/c15-12-8-4-5-9-13(12)19-10-14(18)17-16-11-6-2-1-3-7-11/h1-9,16H,10H2,(H,17,18). The number of halogens is 1. The zero-order valence-electron chi connectivity index (χ0n) is 10.1. The summed E-state index contributed by atoms with van der Waals surface area (Å²) in [6.45, 7) is -0.263. The Bertz CT molecular complexity index is 546. The molecule has 0 bridgehead atoms. The van der Waals surface area contributed by atoms with E-state index in [0.29, 0.717) is 0 Å². The Morgan fingerprint density at radius 1 is 1.05 bits per heavy atom. The van der Waals surface area contributed by atoms with E-state index >= 15 is 0 Å². The van der Waals surface area contributed by atoms with Crippen molar-refractivity contribution in [2.24, 2.45) is 0 Å². The summed E-state index contributed by atoms with van der Waals surface area (Å²) in [6, 6.07) is 15.1. The number of benzene rings is 2. The van der Waals surface area contributed by atoms with Crippen molar-refractivity contribution in [2.45, 2.75) is 0 Å². The third-order valence-corrected chi connectivity index (χ3v) is 2.32. The molecule has 4 nitrogen and oxygen atoms in total. The van der Waals surface area contributed by atoms with E-state index in [1.54, 1.807) is 24.3 Å². The van der Waals surface area contributed by atoms with Gasteiger partial charge in [-0.1, -0.05) is 30.3 Å². The van der Waals surface area contributed by atoms with Gasteiger partial charge in [0.25, 0.3) is 5.91 Å². The number of para-hydroxylation sites is 2. The number of carbonyl (C=O) groups is 1. The van der Waals surface area contributed by atoms with Crippen molar-refractivity contribution in [2.75, 3.05) is 12.0 Å². The zero-order valence-corrected chi connectivity index (χ0v) is 10.1. The van der Waals surface area contributed by atoms with E-state index in [0.717, 1.165) is 5.69 Å². The van der Waals surface area contributed by atoms with Crippen LogP contribution in [0, 0.1) is 5.82 Å². The highest BCUT2D eigenvalue weighted by atomic mass is 19.1. The Hall–Kier alpha value is -2.56. The van der Waals surface area contributed by atoms with Gasteiger partial charge in [-0.25, -0.2) is 4.39 Å². The molecule has 0 heterocycles. The first-order valence-electron chi connectivity index (χ1n) is 5.73. The van der Waals surface area contributed by atoms with Gasteiger partial charge < -0.3 is 4.74 Å². The molecule has 2 aromatic carbocycles. The normalized spacial score (nSPS) is 9.74. The fourth-order valence-corrected chi connectivity index (χ4v) is 1.40. The third-order valence-electron chi connectivity index (χ3n) is 2.32. The quantitative estimate of drug-likeness (QED) is 0.811. The van der Waals surface area contributed by atoms with E-state index in [2.05, 4.69) is 10.9 Å². The minimum Gasteiger partial charge on any atom is -0.481 e. The fraction of sp³-hybridized carbons (Fsp3) is 0.0714. The molecule has 0 atom stereocenters. The van der Waals surface area contributed by atoms with E-state index in [1.165, 1.54) is 12.1 Å². The molecule has 0 saturated carbocycles. The second-order valence-electron chi connectivity index (χ2n) is 3.76. The fourth-order valence-electron chi connectivity index (χ4n) is 1.40. The Morgan fingerprint density at radius 3 is 2.47 bits per heavy atom. The summed E-state index contributed by atoms with van der Waals surface area (Å²) in [5.41, 5.74) is 5.93. The molecular formula is C14H13FN2O2. The van der Waals surface area contributed by atoms with Gasteiger partial charge in [0.2, 0.25) is 0 Å². The van der Waals surface area contributed by atoms with Gasteiger partial charge in [-0.15, -0.1) is 0 Å². The monoisotopic (exact) mass is 260 g/mol. The molecule has 98 valence electrons. The van der Waals surface area contributed by atoms with E-state index < -0.39 is 11.7 Å². The van der Waals surface area contributed by atoms with Crippen LogP contribution in [0.15, 0.2) is 54.6 Å². The Kier molecular flexibility index (Phi) is 4.34. The van der Waals surface area contributed by atoms with Crippen molar-refractivity contribution in [3.63, 3.8) is 0 Å². The molecule has 0 aliphatic carbocycles. The summed E-state index contributed by atoms with van der Waals surface area (Å²) in [5, 5.41) is 0. The van der Waals surface area contributed by atoms with Crippen molar-refractivity contribution in [3.05, 3.63) is 60.4 Å². The second kappa shape index (κ2) is 6.39. The number of hydrogen-bond donors (Lipinski definition) is 2. The van der Waals surface area contributed by atoms with Gasteiger partial charge in [0, 0.05) is 0 Å². The third kappa shape index (κ3) is 3.99. The molecule has 19 heavy (non-hydrogen) atoms. The minimum atomic E-state index is -0.494. The highest BCUT2D eigenvalue weighted by Crippen LogP contribution is 2.14. The summed E-state index contributed by atoms with van der Waals surface area (Å²) in [4.78, 5) is 11.5. The highest BCUT2D eigenvalue weighted by Gasteiger charge is 2.05. The molecule has 0 aromatic heterocycles. The molecule has 0 fully saturated rings. The van der Waals surface area contributed by atoms with Crippen LogP contribution in [-0.4, -0.2) is 12.5 Å². The number of ether oxygens (including phenoxy) is 1. The zero-order chi connectivity index (χ0) is 13.5. The SMILES string of the molecule is O=C(COc1ccccc1F)NNc1ccccc1. The summed E-state index contributed by atoms with van der Waals surface area (Å²) in [7, 11) is 0. The maximum atomic E-state index is 13.2. The van der Waals surface area contributed by atoms with Crippen LogP contribution >= 0.6 is 0 Å². The van der Waals surface area contributed by atoms with Crippen LogP contribution in [-0.2, 0) is 4.79 Å². The lowest BCUT2D eigenvalue weighted by atomic mass is 10.3. The van der Waals surface area contributed by atoms with E-state index in [-0.39, 0.29) is 12.4 Å². The van der Waals surface area contributed by atoms with Crippen molar-refractivity contribution in [1.82, 2.24) is 5.43 Å². The molecule has 0 spiro atoms. The number of rotatable bonds is 5. The smallest absolute Gasteiger partial charge is 0.276 e. The number of amides is 1. The molecule has 0 unspecified atom stereocenters. The van der Waals surface area contributed by atoms with Crippen LogP contribution in [0.3, 0.4) is 0 Å². The predicted octanol–water partition coefficient (Wildman–Crippen LogP) is 2.35. The van der Waals surface area contributed by atoms with E-state index in [9.17, 15) is 9.18 Å². The number of anilines is 1. The van der Waals surface area contributed by atoms with Crippen LogP contribution in [0.1, 0.15) is 0 Å². The van der Waals surface area contributed by atoms with Gasteiger partial charge in [0.05, 0.1) is 5.69 Å². The molecule has 0 aliphatic heterocycles. The van der Waals surface area contributed by atoms with Crippen molar-refractivity contribution < 1.29 is 13.9 Å². The van der Waals surface area contributed by atoms with Crippen LogP contribution in [0.2, 0.25) is 0 Å². The van der Waals surface area contributed by atoms with Gasteiger partial charge in [0.15, 0.2) is 18.2 Å².